The van der Waals surface area contributed by atoms with Gasteiger partial charge in [0.05, 0.1) is 0 Å². The Labute approximate surface area is 156 Å². The molecule has 1 aromatic carbocycles. The van der Waals surface area contributed by atoms with E-state index in [9.17, 15) is 9.59 Å². The number of benzene rings is 1. The molecule has 3 rings (SSSR count). The molecule has 3 atom stereocenters. The van der Waals surface area contributed by atoms with Crippen LogP contribution in [0.3, 0.4) is 0 Å². The summed E-state index contributed by atoms with van der Waals surface area (Å²) in [7, 11) is 0. The molecule has 0 radical (unpaired) electrons. The van der Waals surface area contributed by atoms with Gasteiger partial charge in [-0.15, -0.1) is 0 Å². The van der Waals surface area contributed by atoms with E-state index in [2.05, 4.69) is 19.9 Å². The molecule has 0 aromatic heterocycles. The molecule has 1 aromatic rings. The average Bonchev–Trinajstić information content (AvgIpc) is 2.66. The normalized spacial score (nSPS) is 26.9. The summed E-state index contributed by atoms with van der Waals surface area (Å²) in [5, 5.41) is 0. The summed E-state index contributed by atoms with van der Waals surface area (Å²) in [6, 6.07) is 4.04. The monoisotopic (exact) mass is 358 g/mol. The minimum atomic E-state index is -0.331. The van der Waals surface area contributed by atoms with Crippen molar-refractivity contribution in [3.63, 3.8) is 0 Å². The Morgan fingerprint density at radius 2 is 1.85 bits per heavy atom. The van der Waals surface area contributed by atoms with Crippen LogP contribution < -0.4 is 4.74 Å². The Morgan fingerprint density at radius 3 is 2.50 bits per heavy atom. The Kier molecular flexibility index (Phi) is 5.14. The van der Waals surface area contributed by atoms with Crippen LogP contribution in [0.2, 0.25) is 0 Å². The zero-order chi connectivity index (χ0) is 19.1. The Bertz CT molecular complexity index is 719. The van der Waals surface area contributed by atoms with E-state index in [0.29, 0.717) is 17.6 Å². The van der Waals surface area contributed by atoms with Gasteiger partial charge in [-0.3, -0.25) is 9.59 Å². The average molecular weight is 358 g/mol. The summed E-state index contributed by atoms with van der Waals surface area (Å²) in [6.07, 6.45) is 5.26. The number of ether oxygens (including phenoxy) is 2. The van der Waals surface area contributed by atoms with Crippen molar-refractivity contribution >= 4 is 11.9 Å². The van der Waals surface area contributed by atoms with Gasteiger partial charge in [0.1, 0.15) is 11.9 Å². The van der Waals surface area contributed by atoms with Crippen molar-refractivity contribution in [3.8, 4) is 5.75 Å². The Balaban J connectivity index is 2.09. The van der Waals surface area contributed by atoms with Crippen LogP contribution in [-0.2, 0) is 20.7 Å². The smallest absolute Gasteiger partial charge is 0.308 e. The lowest BCUT2D eigenvalue weighted by Crippen LogP contribution is -2.38. The van der Waals surface area contributed by atoms with E-state index in [1.165, 1.54) is 25.8 Å². The molecule has 2 aliphatic rings. The van der Waals surface area contributed by atoms with Crippen LogP contribution in [0.4, 0.5) is 0 Å². The SMILES string of the molecule is CC(=O)Oc1cc2c(cc1C)CCC1C(CCCC1(C)C)C2OC(C)=O. The number of rotatable bonds is 2. The Morgan fingerprint density at radius 1 is 1.12 bits per heavy atom. The third-order valence-electron chi connectivity index (χ3n) is 6.28. The van der Waals surface area contributed by atoms with Crippen molar-refractivity contribution in [3.05, 3.63) is 28.8 Å². The van der Waals surface area contributed by atoms with Gasteiger partial charge in [-0.25, -0.2) is 0 Å². The lowest BCUT2D eigenvalue weighted by Gasteiger charge is -2.45. The second kappa shape index (κ2) is 7.05. The first-order valence-corrected chi connectivity index (χ1v) is 9.68. The van der Waals surface area contributed by atoms with Crippen LogP contribution in [0.5, 0.6) is 5.75 Å². The van der Waals surface area contributed by atoms with Crippen molar-refractivity contribution in [2.24, 2.45) is 17.3 Å². The largest absolute Gasteiger partial charge is 0.457 e. The molecule has 0 spiro atoms. The molecule has 0 N–H and O–H groups in total. The second-order valence-electron chi connectivity index (χ2n) is 8.63. The molecule has 2 aliphatic carbocycles. The lowest BCUT2D eigenvalue weighted by atomic mass is 9.61. The van der Waals surface area contributed by atoms with Crippen molar-refractivity contribution in [2.45, 2.75) is 72.8 Å². The quantitative estimate of drug-likeness (QED) is 0.556. The number of aryl methyl sites for hydroxylation is 2. The first-order chi connectivity index (χ1) is 12.2. The standard InChI is InChI=1S/C22H30O4/c1-13-11-16-8-9-19-17(7-6-10-22(19,4)5)21(26-15(3)24)18(16)12-20(13)25-14(2)23/h11-12,17,19,21H,6-10H2,1-5H3. The van der Waals surface area contributed by atoms with Crippen molar-refractivity contribution in [2.75, 3.05) is 0 Å². The summed E-state index contributed by atoms with van der Waals surface area (Å²) >= 11 is 0. The topological polar surface area (TPSA) is 52.6 Å². The van der Waals surface area contributed by atoms with Gasteiger partial charge in [-0.05, 0) is 66.7 Å². The van der Waals surface area contributed by atoms with Crippen molar-refractivity contribution < 1.29 is 19.1 Å². The van der Waals surface area contributed by atoms with Crippen molar-refractivity contribution in [1.82, 2.24) is 0 Å². The Hall–Kier alpha value is -1.84. The minimum absolute atomic E-state index is 0.247. The first kappa shape index (κ1) is 18.9. The van der Waals surface area contributed by atoms with Gasteiger partial charge in [0.25, 0.3) is 0 Å². The fourth-order valence-electron chi connectivity index (χ4n) is 5.11. The number of carbonyl (C=O) groups is 2. The minimum Gasteiger partial charge on any atom is -0.457 e. The molecular weight excluding hydrogens is 328 g/mol. The summed E-state index contributed by atoms with van der Waals surface area (Å²) in [6.45, 7) is 9.55. The molecule has 4 heteroatoms. The van der Waals surface area contributed by atoms with E-state index in [1.54, 1.807) is 0 Å². The van der Waals surface area contributed by atoms with Crippen LogP contribution in [0.15, 0.2) is 12.1 Å². The zero-order valence-corrected chi connectivity index (χ0v) is 16.6. The third kappa shape index (κ3) is 3.65. The number of hydrogen-bond acceptors (Lipinski definition) is 4. The highest BCUT2D eigenvalue weighted by atomic mass is 16.5. The third-order valence-corrected chi connectivity index (χ3v) is 6.28. The van der Waals surface area contributed by atoms with Gasteiger partial charge < -0.3 is 9.47 Å². The fraction of sp³-hybridized carbons (Fsp3) is 0.636. The van der Waals surface area contributed by atoms with Gasteiger partial charge in [0, 0.05) is 19.8 Å². The highest BCUT2D eigenvalue weighted by Gasteiger charge is 2.45. The molecule has 0 aliphatic heterocycles. The van der Waals surface area contributed by atoms with Crippen LogP contribution in [0, 0.1) is 24.2 Å². The highest BCUT2D eigenvalue weighted by molar-refractivity contribution is 5.70. The van der Waals surface area contributed by atoms with Gasteiger partial charge in [0.15, 0.2) is 0 Å². The predicted molar refractivity (Wildman–Crippen MR) is 99.9 cm³/mol. The molecule has 0 heterocycles. The summed E-state index contributed by atoms with van der Waals surface area (Å²) in [4.78, 5) is 23.4. The van der Waals surface area contributed by atoms with E-state index in [-0.39, 0.29) is 23.5 Å². The summed E-state index contributed by atoms with van der Waals surface area (Å²) < 4.78 is 11.3. The fourth-order valence-corrected chi connectivity index (χ4v) is 5.11. The highest BCUT2D eigenvalue weighted by Crippen LogP contribution is 2.54. The number of fused-ring (bicyclic) bond motifs is 2. The van der Waals surface area contributed by atoms with Crippen LogP contribution in [0.1, 0.15) is 76.2 Å². The molecule has 26 heavy (non-hydrogen) atoms. The van der Waals surface area contributed by atoms with Gasteiger partial charge in [-0.2, -0.15) is 0 Å². The molecule has 0 amide bonds. The molecule has 142 valence electrons. The van der Waals surface area contributed by atoms with E-state index < -0.39 is 0 Å². The summed E-state index contributed by atoms with van der Waals surface area (Å²) in [5.41, 5.74) is 3.43. The van der Waals surface area contributed by atoms with Gasteiger partial charge in [-0.1, -0.05) is 26.3 Å². The van der Waals surface area contributed by atoms with Crippen LogP contribution >= 0.6 is 0 Å². The zero-order valence-electron chi connectivity index (χ0n) is 16.6. The maximum Gasteiger partial charge on any atom is 0.308 e. The molecule has 0 saturated heterocycles. The maximum atomic E-state index is 11.9. The van der Waals surface area contributed by atoms with E-state index in [1.807, 2.05) is 13.0 Å². The molecule has 1 fully saturated rings. The summed E-state index contributed by atoms with van der Waals surface area (Å²) in [5.74, 6) is 0.825. The van der Waals surface area contributed by atoms with Gasteiger partial charge >= 0.3 is 11.9 Å². The van der Waals surface area contributed by atoms with E-state index in [4.69, 9.17) is 9.47 Å². The van der Waals surface area contributed by atoms with Crippen LogP contribution in [0.25, 0.3) is 0 Å². The van der Waals surface area contributed by atoms with Gasteiger partial charge in [0.2, 0.25) is 0 Å². The molecular formula is C22H30O4. The first-order valence-electron chi connectivity index (χ1n) is 9.68. The van der Waals surface area contributed by atoms with Crippen molar-refractivity contribution in [1.29, 1.82) is 0 Å². The van der Waals surface area contributed by atoms with Crippen LogP contribution in [-0.4, -0.2) is 11.9 Å². The molecule has 1 saturated carbocycles. The number of hydrogen-bond donors (Lipinski definition) is 0. The number of esters is 2. The molecule has 0 bridgehead atoms. The number of carbonyl (C=O) groups excluding carboxylic acids is 2. The second-order valence-corrected chi connectivity index (χ2v) is 8.63. The predicted octanol–water partition coefficient (Wildman–Crippen LogP) is 4.91. The maximum absolute atomic E-state index is 11.9. The van der Waals surface area contributed by atoms with E-state index in [0.717, 1.165) is 36.8 Å². The molecule has 3 unspecified atom stereocenters. The molecule has 4 nitrogen and oxygen atoms in total. The lowest BCUT2D eigenvalue weighted by molar-refractivity contribution is -0.153. The van der Waals surface area contributed by atoms with E-state index >= 15 is 0 Å².